The Morgan fingerprint density at radius 2 is 1.73 bits per heavy atom. The maximum absolute atomic E-state index is 12.8. The lowest BCUT2D eigenvalue weighted by molar-refractivity contribution is -0.118. The molecule has 0 radical (unpaired) electrons. The first kappa shape index (κ1) is 24.1. The van der Waals surface area contributed by atoms with Crippen LogP contribution in [0.25, 0.3) is 0 Å². The predicted octanol–water partition coefficient (Wildman–Crippen LogP) is 3.96. The largest absolute Gasteiger partial charge is 0.340 e. The van der Waals surface area contributed by atoms with Crippen molar-refractivity contribution in [3.05, 3.63) is 64.1 Å². The van der Waals surface area contributed by atoms with Crippen molar-refractivity contribution in [3.63, 3.8) is 0 Å². The number of unbranched alkanes of at least 4 members (excludes halogenated alkanes) is 1. The molecule has 1 unspecified atom stereocenters. The number of carbonyl (C=O) groups is 2. The first-order valence-electron chi connectivity index (χ1n) is 9.82. The second-order valence-electron chi connectivity index (χ2n) is 7.21. The van der Waals surface area contributed by atoms with Crippen molar-refractivity contribution >= 4 is 43.3 Å². The van der Waals surface area contributed by atoms with Crippen LogP contribution in [0.5, 0.6) is 0 Å². The summed E-state index contributed by atoms with van der Waals surface area (Å²) in [6.45, 7) is 2.13. The highest BCUT2D eigenvalue weighted by atomic mass is 79.9. The maximum Gasteiger partial charge on any atom is 0.253 e. The fraction of sp³-hybridized carbons (Fsp3) is 0.364. The third-order valence-electron chi connectivity index (χ3n) is 4.56. The van der Waals surface area contributed by atoms with E-state index in [0.717, 1.165) is 25.5 Å². The molecule has 1 atom stereocenters. The van der Waals surface area contributed by atoms with Gasteiger partial charge in [0.15, 0.2) is 0 Å². The maximum atomic E-state index is 12.8. The van der Waals surface area contributed by atoms with Gasteiger partial charge in [0.2, 0.25) is 5.91 Å². The molecule has 0 aromatic heterocycles. The van der Waals surface area contributed by atoms with E-state index in [-0.39, 0.29) is 12.2 Å². The molecule has 8 heteroatoms. The SMILES string of the molecule is CCCCc1ccc(NC(=O)C(CCS(C)(=O)=O)NC(=O)c2ccccc2Br)cc1. The van der Waals surface area contributed by atoms with Crippen LogP contribution in [0.1, 0.15) is 42.1 Å². The average Bonchev–Trinajstić information content (AvgIpc) is 2.70. The van der Waals surface area contributed by atoms with Gasteiger partial charge in [-0.25, -0.2) is 8.42 Å². The summed E-state index contributed by atoms with van der Waals surface area (Å²) in [4.78, 5) is 25.4. The van der Waals surface area contributed by atoms with E-state index < -0.39 is 27.7 Å². The van der Waals surface area contributed by atoms with E-state index in [1.807, 2.05) is 24.3 Å². The molecule has 6 nitrogen and oxygen atoms in total. The zero-order valence-corrected chi connectivity index (χ0v) is 19.6. The number of benzene rings is 2. The zero-order chi connectivity index (χ0) is 22.1. The van der Waals surface area contributed by atoms with E-state index in [4.69, 9.17) is 0 Å². The minimum atomic E-state index is -3.29. The van der Waals surface area contributed by atoms with Gasteiger partial charge in [0.1, 0.15) is 15.9 Å². The lowest BCUT2D eigenvalue weighted by Crippen LogP contribution is -2.44. The van der Waals surface area contributed by atoms with Crippen LogP contribution in [0.15, 0.2) is 53.0 Å². The average molecular weight is 495 g/mol. The molecule has 30 heavy (non-hydrogen) atoms. The lowest BCUT2D eigenvalue weighted by atomic mass is 10.1. The number of hydrogen-bond acceptors (Lipinski definition) is 4. The number of hydrogen-bond donors (Lipinski definition) is 2. The molecule has 0 heterocycles. The third-order valence-corrected chi connectivity index (χ3v) is 6.23. The Morgan fingerprint density at radius 1 is 1.07 bits per heavy atom. The smallest absolute Gasteiger partial charge is 0.253 e. The van der Waals surface area contributed by atoms with Gasteiger partial charge in [-0.05, 0) is 65.0 Å². The highest BCUT2D eigenvalue weighted by Gasteiger charge is 2.24. The Balaban J connectivity index is 2.12. The number of amides is 2. The van der Waals surface area contributed by atoms with E-state index in [1.165, 1.54) is 5.56 Å². The molecule has 0 aliphatic heterocycles. The fourth-order valence-corrected chi connectivity index (χ4v) is 3.98. The lowest BCUT2D eigenvalue weighted by Gasteiger charge is -2.19. The molecule has 2 aromatic carbocycles. The summed E-state index contributed by atoms with van der Waals surface area (Å²) in [5, 5.41) is 5.43. The van der Waals surface area contributed by atoms with Crippen LogP contribution in [0.2, 0.25) is 0 Å². The monoisotopic (exact) mass is 494 g/mol. The van der Waals surface area contributed by atoms with Crippen LogP contribution in [0, 0.1) is 0 Å². The zero-order valence-electron chi connectivity index (χ0n) is 17.2. The molecule has 0 saturated carbocycles. The van der Waals surface area contributed by atoms with Crippen molar-refractivity contribution in [1.29, 1.82) is 0 Å². The Kier molecular flexibility index (Phi) is 9.05. The van der Waals surface area contributed by atoms with Gasteiger partial charge in [-0.3, -0.25) is 9.59 Å². The summed E-state index contributed by atoms with van der Waals surface area (Å²) < 4.78 is 23.8. The van der Waals surface area contributed by atoms with Gasteiger partial charge in [-0.1, -0.05) is 37.6 Å². The number of aryl methyl sites for hydroxylation is 1. The van der Waals surface area contributed by atoms with Crippen LogP contribution in [0.3, 0.4) is 0 Å². The number of halogens is 1. The van der Waals surface area contributed by atoms with Crippen LogP contribution in [0.4, 0.5) is 5.69 Å². The summed E-state index contributed by atoms with van der Waals surface area (Å²) in [6.07, 6.45) is 4.27. The van der Waals surface area contributed by atoms with E-state index in [1.54, 1.807) is 24.3 Å². The molecule has 2 N–H and O–H groups in total. The Labute approximate surface area is 186 Å². The molecule has 2 rings (SSSR count). The van der Waals surface area contributed by atoms with E-state index in [0.29, 0.717) is 15.7 Å². The summed E-state index contributed by atoms with van der Waals surface area (Å²) in [5.74, 6) is -1.12. The first-order chi connectivity index (χ1) is 14.2. The molecule has 2 amide bonds. The van der Waals surface area contributed by atoms with Gasteiger partial charge in [0.25, 0.3) is 5.91 Å². The van der Waals surface area contributed by atoms with E-state index in [9.17, 15) is 18.0 Å². The number of rotatable bonds is 10. The highest BCUT2D eigenvalue weighted by molar-refractivity contribution is 9.10. The minimum absolute atomic E-state index is 0.0184. The summed E-state index contributed by atoms with van der Waals surface area (Å²) in [6, 6.07) is 13.4. The molecule has 0 aliphatic rings. The second-order valence-corrected chi connectivity index (χ2v) is 10.3. The topological polar surface area (TPSA) is 92.3 Å². The van der Waals surface area contributed by atoms with Gasteiger partial charge >= 0.3 is 0 Å². The third kappa shape index (κ3) is 7.91. The molecule has 0 saturated heterocycles. The van der Waals surface area contributed by atoms with E-state index in [2.05, 4.69) is 33.5 Å². The standard InChI is InChI=1S/C22H27BrN2O4S/c1-3-4-7-16-10-12-17(13-11-16)24-22(27)20(14-15-30(2,28)29)25-21(26)18-8-5-6-9-19(18)23/h5-6,8-13,20H,3-4,7,14-15H2,1-2H3,(H,24,27)(H,25,26). The molecule has 0 aliphatic carbocycles. The summed E-state index contributed by atoms with van der Waals surface area (Å²) >= 11 is 3.32. The van der Waals surface area contributed by atoms with Gasteiger partial charge < -0.3 is 10.6 Å². The van der Waals surface area contributed by atoms with Crippen molar-refractivity contribution < 1.29 is 18.0 Å². The number of nitrogens with one attached hydrogen (secondary N) is 2. The molecule has 2 aromatic rings. The molecule has 162 valence electrons. The summed E-state index contributed by atoms with van der Waals surface area (Å²) in [7, 11) is -3.29. The van der Waals surface area contributed by atoms with Crippen LogP contribution in [-0.4, -0.2) is 38.3 Å². The van der Waals surface area contributed by atoms with Crippen LogP contribution >= 0.6 is 15.9 Å². The van der Waals surface area contributed by atoms with E-state index >= 15 is 0 Å². The number of carbonyl (C=O) groups excluding carboxylic acids is 2. The van der Waals surface area contributed by atoms with Crippen molar-refractivity contribution in [2.75, 3.05) is 17.3 Å². The first-order valence-corrected chi connectivity index (χ1v) is 12.7. The van der Waals surface area contributed by atoms with Gasteiger partial charge in [0, 0.05) is 16.4 Å². The summed E-state index contributed by atoms with van der Waals surface area (Å²) in [5.41, 5.74) is 2.15. The predicted molar refractivity (Wildman–Crippen MR) is 123 cm³/mol. The highest BCUT2D eigenvalue weighted by Crippen LogP contribution is 2.17. The van der Waals surface area contributed by atoms with Crippen molar-refractivity contribution in [2.45, 2.75) is 38.6 Å². The second kappa shape index (κ2) is 11.3. The Bertz CT molecular complexity index is 975. The van der Waals surface area contributed by atoms with Gasteiger partial charge in [-0.15, -0.1) is 0 Å². The molecule has 0 fully saturated rings. The fourth-order valence-electron chi connectivity index (χ4n) is 2.85. The number of anilines is 1. The van der Waals surface area contributed by atoms with Gasteiger partial charge in [0.05, 0.1) is 11.3 Å². The quantitative estimate of drug-likeness (QED) is 0.522. The Hall–Kier alpha value is -2.19. The van der Waals surface area contributed by atoms with Gasteiger partial charge in [-0.2, -0.15) is 0 Å². The van der Waals surface area contributed by atoms with Crippen LogP contribution < -0.4 is 10.6 Å². The molecule has 0 bridgehead atoms. The normalized spacial score (nSPS) is 12.2. The minimum Gasteiger partial charge on any atom is -0.340 e. The molecular weight excluding hydrogens is 468 g/mol. The van der Waals surface area contributed by atoms with Crippen molar-refractivity contribution in [1.82, 2.24) is 5.32 Å². The molecular formula is C22H27BrN2O4S. The van der Waals surface area contributed by atoms with Crippen molar-refractivity contribution in [3.8, 4) is 0 Å². The molecule has 0 spiro atoms. The van der Waals surface area contributed by atoms with Crippen molar-refractivity contribution in [2.24, 2.45) is 0 Å². The number of sulfone groups is 1. The van der Waals surface area contributed by atoms with Crippen LogP contribution in [-0.2, 0) is 21.1 Å². The Morgan fingerprint density at radius 3 is 2.33 bits per heavy atom.